The molecule has 1 saturated carbocycles. The first-order valence-electron chi connectivity index (χ1n) is 11.8. The van der Waals surface area contributed by atoms with Crippen molar-refractivity contribution < 1.29 is 14.6 Å². The number of thioether (sulfide) groups is 1. The molecule has 3 aromatic rings. The normalized spacial score (nSPS) is 24.0. The summed E-state index contributed by atoms with van der Waals surface area (Å²) in [7, 11) is 0. The fourth-order valence-corrected chi connectivity index (χ4v) is 7.65. The Balaban J connectivity index is 1.61. The average Bonchev–Trinajstić information content (AvgIpc) is 3.20. The van der Waals surface area contributed by atoms with Crippen LogP contribution in [0.5, 0.6) is 5.75 Å². The molecule has 37 heavy (non-hydrogen) atoms. The molecule has 0 saturated heterocycles. The van der Waals surface area contributed by atoms with Gasteiger partial charge in [-0.1, -0.05) is 40.2 Å². The third-order valence-electron chi connectivity index (χ3n) is 6.95. The van der Waals surface area contributed by atoms with Gasteiger partial charge < -0.3 is 10.1 Å². The maximum Gasteiger partial charge on any atom is 0.296 e. The van der Waals surface area contributed by atoms with Gasteiger partial charge in [-0.3, -0.25) is 20.2 Å². The van der Waals surface area contributed by atoms with Crippen LogP contribution in [0.15, 0.2) is 70.0 Å². The lowest BCUT2D eigenvalue weighted by molar-refractivity contribution is -0.387. The van der Waals surface area contributed by atoms with Gasteiger partial charge in [0.05, 0.1) is 38.8 Å². The molecule has 1 fully saturated rings. The summed E-state index contributed by atoms with van der Waals surface area (Å²) >= 11 is 12.0. The van der Waals surface area contributed by atoms with E-state index in [-0.39, 0.29) is 39.4 Å². The number of nitrogens with one attached hydrogen (secondary N) is 1. The van der Waals surface area contributed by atoms with Crippen molar-refractivity contribution in [2.45, 2.75) is 40.8 Å². The van der Waals surface area contributed by atoms with Crippen LogP contribution in [0.3, 0.4) is 0 Å². The van der Waals surface area contributed by atoms with Gasteiger partial charge >= 0.3 is 0 Å². The van der Waals surface area contributed by atoms with Gasteiger partial charge in [0.25, 0.3) is 11.4 Å². The number of hydrogen-bond acceptors (Lipinski definition) is 7. The van der Waals surface area contributed by atoms with E-state index in [9.17, 15) is 20.2 Å². The van der Waals surface area contributed by atoms with Gasteiger partial charge in [0.15, 0.2) is 0 Å². The Morgan fingerprint density at radius 2 is 1.78 bits per heavy atom. The van der Waals surface area contributed by atoms with E-state index in [2.05, 4.69) is 21.2 Å². The number of rotatable bonds is 7. The first kappa shape index (κ1) is 25.8. The lowest BCUT2D eigenvalue weighted by atomic mass is 9.77. The van der Waals surface area contributed by atoms with Crippen molar-refractivity contribution in [1.82, 2.24) is 0 Å². The number of ether oxygens (including phenoxy) is 1. The molecule has 1 N–H and O–H groups in total. The van der Waals surface area contributed by atoms with E-state index < -0.39 is 10.3 Å². The van der Waals surface area contributed by atoms with Crippen LogP contribution in [0.25, 0.3) is 0 Å². The second-order valence-electron chi connectivity index (χ2n) is 9.02. The van der Waals surface area contributed by atoms with Crippen molar-refractivity contribution in [2.24, 2.45) is 5.92 Å². The number of para-hydroxylation sites is 1. The first-order chi connectivity index (χ1) is 17.8. The number of nitro benzene ring substituents is 2. The van der Waals surface area contributed by atoms with Crippen LogP contribution in [0.4, 0.5) is 17.1 Å². The molecule has 11 heteroatoms. The van der Waals surface area contributed by atoms with Gasteiger partial charge in [-0.25, -0.2) is 0 Å². The van der Waals surface area contributed by atoms with Crippen molar-refractivity contribution in [2.75, 3.05) is 11.9 Å². The van der Waals surface area contributed by atoms with E-state index >= 15 is 0 Å². The molecule has 2 aliphatic rings. The van der Waals surface area contributed by atoms with E-state index in [1.54, 1.807) is 18.2 Å². The summed E-state index contributed by atoms with van der Waals surface area (Å²) in [5.41, 5.74) is 2.18. The average molecular weight is 605 g/mol. The second-order valence-corrected chi connectivity index (χ2v) is 11.7. The minimum atomic E-state index is -0.412. The summed E-state index contributed by atoms with van der Waals surface area (Å²) < 4.78 is 6.61. The third-order valence-corrected chi connectivity index (χ3v) is 9.59. The van der Waals surface area contributed by atoms with E-state index in [1.165, 1.54) is 23.9 Å². The Hall–Kier alpha value is -2.82. The van der Waals surface area contributed by atoms with Crippen LogP contribution in [-0.4, -0.2) is 27.1 Å². The molecule has 1 aliphatic carbocycles. The number of alkyl halides is 1. The van der Waals surface area contributed by atoms with Gasteiger partial charge in [0, 0.05) is 21.7 Å². The Bertz CT molecular complexity index is 1360. The molecule has 3 aromatic carbocycles. The summed E-state index contributed by atoms with van der Waals surface area (Å²) in [6, 6.07) is 17.6. The van der Waals surface area contributed by atoms with Crippen molar-refractivity contribution in [3.63, 3.8) is 0 Å². The summed E-state index contributed by atoms with van der Waals surface area (Å²) in [6.07, 6.45) is 0.676. The summed E-state index contributed by atoms with van der Waals surface area (Å²) in [4.78, 5) is 23.5. The molecule has 0 radical (unpaired) electrons. The molecule has 0 aromatic heterocycles. The van der Waals surface area contributed by atoms with Gasteiger partial charge in [-0.2, -0.15) is 0 Å². The highest BCUT2D eigenvalue weighted by molar-refractivity contribution is 9.10. The maximum atomic E-state index is 12.1. The zero-order valence-electron chi connectivity index (χ0n) is 19.7. The number of halogens is 2. The number of anilines is 1. The molecule has 192 valence electrons. The molecule has 0 amide bonds. The van der Waals surface area contributed by atoms with Crippen LogP contribution in [0, 0.1) is 26.1 Å². The SMILES string of the molecule is CCOc1cc2c(c([N+](=O)[O-])c1)NC(c1ccc(Br)cc1)C1CC(Sc3ccccc3[N+](=O)[O-])C(Cl)C21. The topological polar surface area (TPSA) is 108 Å². The monoisotopic (exact) mass is 603 g/mol. The van der Waals surface area contributed by atoms with Crippen molar-refractivity contribution in [1.29, 1.82) is 0 Å². The van der Waals surface area contributed by atoms with Crippen LogP contribution >= 0.6 is 39.3 Å². The molecule has 0 bridgehead atoms. The van der Waals surface area contributed by atoms with Gasteiger partial charge in [-0.15, -0.1) is 23.4 Å². The van der Waals surface area contributed by atoms with E-state index in [1.807, 2.05) is 37.3 Å². The molecular weight excluding hydrogens is 582 g/mol. The minimum Gasteiger partial charge on any atom is -0.494 e. The summed E-state index contributed by atoms with van der Waals surface area (Å²) in [5, 5.41) is 26.6. The molecule has 5 rings (SSSR count). The number of benzene rings is 3. The Labute approximate surface area is 231 Å². The maximum absolute atomic E-state index is 12.1. The predicted octanol–water partition coefficient (Wildman–Crippen LogP) is 7.70. The smallest absolute Gasteiger partial charge is 0.296 e. The molecule has 0 spiro atoms. The molecule has 8 nitrogen and oxygen atoms in total. The van der Waals surface area contributed by atoms with Crippen molar-refractivity contribution in [3.8, 4) is 5.75 Å². The molecule has 1 aliphatic heterocycles. The Morgan fingerprint density at radius 1 is 1.08 bits per heavy atom. The van der Waals surface area contributed by atoms with Crippen LogP contribution in [0.2, 0.25) is 0 Å². The highest BCUT2D eigenvalue weighted by Crippen LogP contribution is 2.60. The highest BCUT2D eigenvalue weighted by atomic mass is 79.9. The van der Waals surface area contributed by atoms with Gasteiger partial charge in [-0.05, 0) is 54.7 Å². The highest BCUT2D eigenvalue weighted by Gasteiger charge is 2.52. The minimum absolute atomic E-state index is 0.00734. The predicted molar refractivity (Wildman–Crippen MR) is 148 cm³/mol. The lowest BCUT2D eigenvalue weighted by Crippen LogP contribution is -2.31. The quantitative estimate of drug-likeness (QED) is 0.167. The molecule has 1 heterocycles. The number of nitrogens with zero attached hydrogens (tertiary/aromatic N) is 2. The first-order valence-corrected chi connectivity index (χ1v) is 13.9. The lowest BCUT2D eigenvalue weighted by Gasteiger charge is -2.38. The van der Waals surface area contributed by atoms with E-state index in [0.29, 0.717) is 29.4 Å². The fraction of sp³-hybridized carbons (Fsp3) is 0.308. The summed E-state index contributed by atoms with van der Waals surface area (Å²) in [5.74, 6) is 0.216. The molecule has 5 unspecified atom stereocenters. The van der Waals surface area contributed by atoms with Crippen LogP contribution < -0.4 is 10.1 Å². The summed E-state index contributed by atoms with van der Waals surface area (Å²) in [6.45, 7) is 2.20. The van der Waals surface area contributed by atoms with Crippen molar-refractivity contribution in [3.05, 3.63) is 96.5 Å². The van der Waals surface area contributed by atoms with Crippen LogP contribution in [0.1, 0.15) is 36.4 Å². The zero-order chi connectivity index (χ0) is 26.3. The Morgan fingerprint density at radius 3 is 2.46 bits per heavy atom. The van der Waals surface area contributed by atoms with Gasteiger partial charge in [0.1, 0.15) is 11.4 Å². The largest absolute Gasteiger partial charge is 0.494 e. The van der Waals surface area contributed by atoms with E-state index in [0.717, 1.165) is 15.6 Å². The van der Waals surface area contributed by atoms with Crippen molar-refractivity contribution >= 4 is 56.4 Å². The number of nitro groups is 2. The Kier molecular flexibility index (Phi) is 7.33. The molecular formula is C26H23BrClN3O5S. The number of fused-ring (bicyclic) bond motifs is 3. The third kappa shape index (κ3) is 4.89. The van der Waals surface area contributed by atoms with Crippen LogP contribution in [-0.2, 0) is 0 Å². The second kappa shape index (κ2) is 10.5. The standard InChI is InChI=1S/C26H23BrClN3O5S/c1-2-36-16-11-17-23-18(13-22(24(23)28)37-21-6-4-3-5-19(21)30(32)33)25(14-7-9-15(27)10-8-14)29-26(17)20(12-16)31(34)35/h3-12,18,22-25,29H,2,13H2,1H3. The van der Waals surface area contributed by atoms with Gasteiger partial charge in [0.2, 0.25) is 0 Å². The number of hydrogen-bond donors (Lipinski definition) is 1. The van der Waals surface area contributed by atoms with E-state index in [4.69, 9.17) is 16.3 Å². The molecule has 5 atom stereocenters. The fourth-order valence-electron chi connectivity index (χ4n) is 5.44. The zero-order valence-corrected chi connectivity index (χ0v) is 22.8.